The average Bonchev–Trinajstić information content (AvgIpc) is 2.67. The van der Waals surface area contributed by atoms with Crippen LogP contribution in [-0.4, -0.2) is 22.0 Å². The van der Waals surface area contributed by atoms with E-state index in [-0.39, 0.29) is 4.90 Å². The second kappa shape index (κ2) is 6.92. The van der Waals surface area contributed by atoms with Gasteiger partial charge in [-0.15, -0.1) is 0 Å². The SMILES string of the molecule is CCCCCNS(=O)(=O)c1cc(CNC)oc1C. The van der Waals surface area contributed by atoms with Gasteiger partial charge in [-0.2, -0.15) is 0 Å². The highest BCUT2D eigenvalue weighted by Gasteiger charge is 2.20. The molecule has 0 aromatic carbocycles. The van der Waals surface area contributed by atoms with E-state index < -0.39 is 10.0 Å². The molecule has 0 saturated carbocycles. The van der Waals surface area contributed by atoms with Gasteiger partial charge in [0, 0.05) is 12.6 Å². The molecular formula is C12H22N2O3S. The van der Waals surface area contributed by atoms with Crippen LogP contribution in [0, 0.1) is 6.92 Å². The van der Waals surface area contributed by atoms with Gasteiger partial charge in [0.2, 0.25) is 10.0 Å². The molecule has 1 rings (SSSR count). The molecule has 2 N–H and O–H groups in total. The van der Waals surface area contributed by atoms with E-state index in [0.717, 1.165) is 19.3 Å². The summed E-state index contributed by atoms with van der Waals surface area (Å²) in [6.07, 6.45) is 2.95. The van der Waals surface area contributed by atoms with Crippen molar-refractivity contribution in [2.75, 3.05) is 13.6 Å². The van der Waals surface area contributed by atoms with Crippen LogP contribution in [0.15, 0.2) is 15.4 Å². The maximum Gasteiger partial charge on any atom is 0.244 e. The Labute approximate surface area is 109 Å². The third-order valence-corrected chi connectivity index (χ3v) is 4.20. The Morgan fingerprint density at radius 2 is 2.06 bits per heavy atom. The largest absolute Gasteiger partial charge is 0.464 e. The predicted octanol–water partition coefficient (Wildman–Crippen LogP) is 1.78. The molecule has 6 heteroatoms. The van der Waals surface area contributed by atoms with E-state index in [1.165, 1.54) is 0 Å². The Balaban J connectivity index is 2.72. The van der Waals surface area contributed by atoms with E-state index in [4.69, 9.17) is 4.42 Å². The Kier molecular flexibility index (Phi) is 5.84. The van der Waals surface area contributed by atoms with Crippen LogP contribution in [-0.2, 0) is 16.6 Å². The maximum absolute atomic E-state index is 12.0. The van der Waals surface area contributed by atoms with Crippen LogP contribution in [0.5, 0.6) is 0 Å². The number of aryl methyl sites for hydroxylation is 1. The van der Waals surface area contributed by atoms with Crippen molar-refractivity contribution in [1.82, 2.24) is 10.0 Å². The molecule has 0 saturated heterocycles. The molecule has 0 spiro atoms. The first kappa shape index (κ1) is 15.2. The van der Waals surface area contributed by atoms with Gasteiger partial charge >= 0.3 is 0 Å². The second-order valence-corrected chi connectivity index (χ2v) is 6.00. The summed E-state index contributed by atoms with van der Waals surface area (Å²) in [6.45, 7) is 4.74. The number of furan rings is 1. The molecular weight excluding hydrogens is 252 g/mol. The Bertz CT molecular complexity index is 466. The predicted molar refractivity (Wildman–Crippen MR) is 70.9 cm³/mol. The highest BCUT2D eigenvalue weighted by atomic mass is 32.2. The molecule has 0 fully saturated rings. The van der Waals surface area contributed by atoms with Crippen molar-refractivity contribution < 1.29 is 12.8 Å². The van der Waals surface area contributed by atoms with E-state index in [2.05, 4.69) is 17.0 Å². The molecule has 0 atom stereocenters. The lowest BCUT2D eigenvalue weighted by Gasteiger charge is -2.04. The summed E-state index contributed by atoms with van der Waals surface area (Å²) in [5.41, 5.74) is 0. The van der Waals surface area contributed by atoms with Crippen LogP contribution >= 0.6 is 0 Å². The zero-order chi connectivity index (χ0) is 13.6. The number of hydrogen-bond donors (Lipinski definition) is 2. The van der Waals surface area contributed by atoms with Gasteiger partial charge < -0.3 is 9.73 Å². The van der Waals surface area contributed by atoms with E-state index >= 15 is 0 Å². The van der Waals surface area contributed by atoms with Gasteiger partial charge in [0.05, 0.1) is 6.54 Å². The molecule has 0 unspecified atom stereocenters. The fourth-order valence-electron chi connectivity index (χ4n) is 1.71. The van der Waals surface area contributed by atoms with Gasteiger partial charge in [0.15, 0.2) is 0 Å². The van der Waals surface area contributed by atoms with Crippen LogP contribution in [0.1, 0.15) is 37.7 Å². The zero-order valence-electron chi connectivity index (χ0n) is 11.2. The Morgan fingerprint density at radius 1 is 1.33 bits per heavy atom. The number of rotatable bonds is 8. The molecule has 0 aliphatic carbocycles. The molecule has 0 radical (unpaired) electrons. The maximum atomic E-state index is 12.0. The van der Waals surface area contributed by atoms with Gasteiger partial charge in [0.1, 0.15) is 16.4 Å². The van der Waals surface area contributed by atoms with Crippen molar-refractivity contribution in [2.24, 2.45) is 0 Å². The van der Waals surface area contributed by atoms with Gasteiger partial charge in [-0.25, -0.2) is 13.1 Å². The highest BCUT2D eigenvalue weighted by Crippen LogP contribution is 2.19. The van der Waals surface area contributed by atoms with Crippen LogP contribution in [0.4, 0.5) is 0 Å². The third kappa shape index (κ3) is 4.12. The summed E-state index contributed by atoms with van der Waals surface area (Å²) in [7, 11) is -1.65. The summed E-state index contributed by atoms with van der Waals surface area (Å²) in [6, 6.07) is 1.58. The molecule has 1 aromatic rings. The van der Waals surface area contributed by atoms with Gasteiger partial charge in [0.25, 0.3) is 0 Å². The van der Waals surface area contributed by atoms with Crippen molar-refractivity contribution in [3.8, 4) is 0 Å². The summed E-state index contributed by atoms with van der Waals surface area (Å²) in [4.78, 5) is 0.240. The normalized spacial score (nSPS) is 11.9. The van der Waals surface area contributed by atoms with E-state index in [0.29, 0.717) is 24.6 Å². The van der Waals surface area contributed by atoms with E-state index in [9.17, 15) is 8.42 Å². The lowest BCUT2D eigenvalue weighted by atomic mass is 10.3. The minimum absolute atomic E-state index is 0.240. The number of unbranched alkanes of at least 4 members (excludes halogenated alkanes) is 2. The molecule has 18 heavy (non-hydrogen) atoms. The Hall–Kier alpha value is -0.850. The third-order valence-electron chi connectivity index (χ3n) is 2.64. The highest BCUT2D eigenvalue weighted by molar-refractivity contribution is 7.89. The number of nitrogens with one attached hydrogen (secondary N) is 2. The lowest BCUT2D eigenvalue weighted by Crippen LogP contribution is -2.25. The molecule has 0 aliphatic heterocycles. The second-order valence-electron chi connectivity index (χ2n) is 4.27. The summed E-state index contributed by atoms with van der Waals surface area (Å²) in [5.74, 6) is 1.06. The standard InChI is InChI=1S/C12H22N2O3S/c1-4-5-6-7-14-18(15,16)12-8-11(9-13-3)17-10(12)2/h8,13-14H,4-7,9H2,1-3H3. The summed E-state index contributed by atoms with van der Waals surface area (Å²) < 4.78 is 32.1. The van der Waals surface area contributed by atoms with E-state index in [1.807, 2.05) is 0 Å². The van der Waals surface area contributed by atoms with Crippen LogP contribution < -0.4 is 10.0 Å². The molecule has 1 heterocycles. The molecule has 0 bridgehead atoms. The molecule has 104 valence electrons. The first-order valence-corrected chi connectivity index (χ1v) is 7.73. The minimum Gasteiger partial charge on any atom is -0.464 e. The number of hydrogen-bond acceptors (Lipinski definition) is 4. The Morgan fingerprint density at radius 3 is 2.67 bits per heavy atom. The average molecular weight is 274 g/mol. The molecule has 1 aromatic heterocycles. The van der Waals surface area contributed by atoms with Crippen LogP contribution in [0.2, 0.25) is 0 Å². The molecule has 5 nitrogen and oxygen atoms in total. The van der Waals surface area contributed by atoms with Gasteiger partial charge in [-0.05, 0) is 20.4 Å². The van der Waals surface area contributed by atoms with Gasteiger partial charge in [-0.1, -0.05) is 19.8 Å². The van der Waals surface area contributed by atoms with Crippen molar-refractivity contribution in [3.05, 3.63) is 17.6 Å². The lowest BCUT2D eigenvalue weighted by molar-refractivity contribution is 0.465. The first-order chi connectivity index (χ1) is 8.51. The monoisotopic (exact) mass is 274 g/mol. The molecule has 0 aliphatic rings. The minimum atomic E-state index is -3.44. The van der Waals surface area contributed by atoms with Crippen LogP contribution in [0.25, 0.3) is 0 Å². The topological polar surface area (TPSA) is 71.3 Å². The van der Waals surface area contributed by atoms with Crippen molar-refractivity contribution >= 4 is 10.0 Å². The van der Waals surface area contributed by atoms with Gasteiger partial charge in [-0.3, -0.25) is 0 Å². The zero-order valence-corrected chi connectivity index (χ0v) is 12.1. The van der Waals surface area contributed by atoms with Crippen molar-refractivity contribution in [2.45, 2.75) is 44.6 Å². The fraction of sp³-hybridized carbons (Fsp3) is 0.667. The van der Waals surface area contributed by atoms with E-state index in [1.54, 1.807) is 20.0 Å². The summed E-state index contributed by atoms with van der Waals surface area (Å²) in [5, 5.41) is 2.93. The fourth-order valence-corrected chi connectivity index (χ4v) is 2.99. The quantitative estimate of drug-likeness (QED) is 0.709. The smallest absolute Gasteiger partial charge is 0.244 e. The van der Waals surface area contributed by atoms with Crippen molar-refractivity contribution in [1.29, 1.82) is 0 Å². The first-order valence-electron chi connectivity index (χ1n) is 6.24. The summed E-state index contributed by atoms with van der Waals surface area (Å²) >= 11 is 0. The van der Waals surface area contributed by atoms with Crippen molar-refractivity contribution in [3.63, 3.8) is 0 Å². The van der Waals surface area contributed by atoms with Crippen LogP contribution in [0.3, 0.4) is 0 Å². The number of sulfonamides is 1. The molecule has 0 amide bonds.